The molecule has 2 N–H and O–H groups in total. The van der Waals surface area contributed by atoms with Gasteiger partial charge in [-0.05, 0) is 31.4 Å². The van der Waals surface area contributed by atoms with Gasteiger partial charge in [-0.3, -0.25) is 9.78 Å². The van der Waals surface area contributed by atoms with Crippen LogP contribution in [0.2, 0.25) is 0 Å². The zero-order valence-corrected chi connectivity index (χ0v) is 11.0. The van der Waals surface area contributed by atoms with E-state index in [0.717, 1.165) is 42.3 Å². The summed E-state index contributed by atoms with van der Waals surface area (Å²) < 4.78 is 0. The van der Waals surface area contributed by atoms with Gasteiger partial charge in [-0.25, -0.2) is 0 Å². The number of carbonyl (C=O) groups is 1. The van der Waals surface area contributed by atoms with Crippen LogP contribution in [0, 0.1) is 6.92 Å². The fourth-order valence-electron chi connectivity index (χ4n) is 2.74. The summed E-state index contributed by atoms with van der Waals surface area (Å²) in [6.07, 6.45) is 3.90. The highest BCUT2D eigenvalue weighted by molar-refractivity contribution is 6.09. The number of pyridine rings is 1. The largest absolute Gasteiger partial charge is 0.398 e. The third-order valence-corrected chi connectivity index (χ3v) is 3.73. The third kappa shape index (κ3) is 1.93. The van der Waals surface area contributed by atoms with Crippen LogP contribution in [0.25, 0.3) is 10.8 Å². The maximum absolute atomic E-state index is 12.5. The lowest BCUT2D eigenvalue weighted by atomic mass is 10.0. The van der Waals surface area contributed by atoms with Gasteiger partial charge in [0, 0.05) is 35.7 Å². The second kappa shape index (κ2) is 4.53. The first kappa shape index (κ1) is 12.0. The monoisotopic (exact) mass is 255 g/mol. The number of hydrogen-bond acceptors (Lipinski definition) is 3. The zero-order valence-electron chi connectivity index (χ0n) is 11.0. The predicted octanol–water partition coefficient (Wildman–Crippen LogP) is 2.36. The molecule has 0 radical (unpaired) electrons. The molecule has 1 aliphatic heterocycles. The molecule has 1 aromatic heterocycles. The first-order valence-electron chi connectivity index (χ1n) is 6.61. The fourth-order valence-corrected chi connectivity index (χ4v) is 2.74. The van der Waals surface area contributed by atoms with Crippen LogP contribution in [-0.2, 0) is 0 Å². The van der Waals surface area contributed by atoms with Crippen LogP contribution in [0.1, 0.15) is 28.9 Å². The smallest absolute Gasteiger partial charge is 0.273 e. The quantitative estimate of drug-likeness (QED) is 0.796. The van der Waals surface area contributed by atoms with Gasteiger partial charge in [0.25, 0.3) is 5.91 Å². The number of aryl methyl sites for hydroxylation is 1. The van der Waals surface area contributed by atoms with Gasteiger partial charge in [0.15, 0.2) is 0 Å². The Hall–Kier alpha value is -2.10. The van der Waals surface area contributed by atoms with Crippen LogP contribution in [0.3, 0.4) is 0 Å². The van der Waals surface area contributed by atoms with Crippen LogP contribution >= 0.6 is 0 Å². The third-order valence-electron chi connectivity index (χ3n) is 3.73. The molecule has 1 aliphatic rings. The van der Waals surface area contributed by atoms with E-state index < -0.39 is 0 Å². The second-order valence-electron chi connectivity index (χ2n) is 5.06. The minimum Gasteiger partial charge on any atom is -0.398 e. The van der Waals surface area contributed by atoms with Crippen molar-refractivity contribution in [3.63, 3.8) is 0 Å². The van der Waals surface area contributed by atoms with Crippen molar-refractivity contribution in [1.29, 1.82) is 0 Å². The molecule has 0 saturated carbocycles. The summed E-state index contributed by atoms with van der Waals surface area (Å²) in [5, 5.41) is 1.80. The maximum atomic E-state index is 12.5. The molecule has 0 atom stereocenters. The van der Waals surface area contributed by atoms with Gasteiger partial charge < -0.3 is 10.6 Å². The first-order valence-corrected chi connectivity index (χ1v) is 6.61. The molecule has 4 heteroatoms. The van der Waals surface area contributed by atoms with Crippen LogP contribution in [0.15, 0.2) is 24.4 Å². The number of fused-ring (bicyclic) bond motifs is 1. The summed E-state index contributed by atoms with van der Waals surface area (Å²) in [4.78, 5) is 18.7. The van der Waals surface area contributed by atoms with E-state index in [0.29, 0.717) is 11.4 Å². The van der Waals surface area contributed by atoms with E-state index in [1.807, 2.05) is 30.0 Å². The highest BCUT2D eigenvalue weighted by Crippen LogP contribution is 2.27. The van der Waals surface area contributed by atoms with Gasteiger partial charge in [0.05, 0.1) is 0 Å². The minimum atomic E-state index is 0.0214. The van der Waals surface area contributed by atoms with Gasteiger partial charge in [0.2, 0.25) is 0 Å². The zero-order chi connectivity index (χ0) is 13.4. The van der Waals surface area contributed by atoms with Crippen LogP contribution in [0.4, 0.5) is 5.69 Å². The lowest BCUT2D eigenvalue weighted by Gasteiger charge is -2.16. The van der Waals surface area contributed by atoms with Gasteiger partial charge in [-0.1, -0.05) is 12.1 Å². The minimum absolute atomic E-state index is 0.0214. The Morgan fingerprint density at radius 3 is 2.79 bits per heavy atom. The molecule has 0 spiro atoms. The van der Waals surface area contributed by atoms with Crippen molar-refractivity contribution in [3.05, 3.63) is 35.7 Å². The van der Waals surface area contributed by atoms with E-state index in [-0.39, 0.29) is 5.91 Å². The predicted molar refractivity (Wildman–Crippen MR) is 76.0 cm³/mol. The van der Waals surface area contributed by atoms with Crippen LogP contribution in [-0.4, -0.2) is 28.9 Å². The molecule has 1 amide bonds. The summed E-state index contributed by atoms with van der Waals surface area (Å²) in [6, 6.07) is 5.66. The number of aromatic nitrogens is 1. The van der Waals surface area contributed by atoms with Gasteiger partial charge in [-0.15, -0.1) is 0 Å². The molecule has 0 unspecified atom stereocenters. The van der Waals surface area contributed by atoms with E-state index in [4.69, 9.17) is 5.73 Å². The number of nitrogen functional groups attached to an aromatic ring is 1. The average Bonchev–Trinajstić information content (AvgIpc) is 2.92. The van der Waals surface area contributed by atoms with E-state index in [9.17, 15) is 4.79 Å². The summed E-state index contributed by atoms with van der Waals surface area (Å²) in [7, 11) is 0. The molecule has 98 valence electrons. The normalized spacial score (nSPS) is 15.1. The van der Waals surface area contributed by atoms with Crippen molar-refractivity contribution in [3.8, 4) is 0 Å². The van der Waals surface area contributed by atoms with Crippen molar-refractivity contribution in [1.82, 2.24) is 9.88 Å². The van der Waals surface area contributed by atoms with Crippen molar-refractivity contribution in [2.24, 2.45) is 0 Å². The Morgan fingerprint density at radius 1 is 1.32 bits per heavy atom. The Labute approximate surface area is 112 Å². The molecular weight excluding hydrogens is 238 g/mol. The van der Waals surface area contributed by atoms with E-state index in [2.05, 4.69) is 4.98 Å². The van der Waals surface area contributed by atoms with Crippen molar-refractivity contribution < 1.29 is 4.79 Å². The molecule has 2 heterocycles. The standard InChI is InChI=1S/C15H17N3O/c1-10-9-17-14(15(19)18-7-2-3-8-18)11-5-4-6-12(16)13(10)11/h4-6,9H,2-3,7-8,16H2,1H3. The highest BCUT2D eigenvalue weighted by atomic mass is 16.2. The number of nitrogens with zero attached hydrogens (tertiary/aromatic N) is 2. The average molecular weight is 255 g/mol. The Bertz CT molecular complexity index is 637. The van der Waals surface area contributed by atoms with Crippen LogP contribution < -0.4 is 5.73 Å². The van der Waals surface area contributed by atoms with Crippen molar-refractivity contribution >= 4 is 22.4 Å². The summed E-state index contributed by atoms with van der Waals surface area (Å²) in [5.41, 5.74) is 8.26. The van der Waals surface area contributed by atoms with Gasteiger partial charge in [0.1, 0.15) is 5.69 Å². The Balaban J connectivity index is 2.16. The molecular formula is C15H17N3O. The number of amides is 1. The number of carbonyl (C=O) groups excluding carboxylic acids is 1. The van der Waals surface area contributed by atoms with Crippen molar-refractivity contribution in [2.75, 3.05) is 18.8 Å². The molecule has 2 aromatic rings. The van der Waals surface area contributed by atoms with Gasteiger partial charge in [-0.2, -0.15) is 0 Å². The second-order valence-corrected chi connectivity index (χ2v) is 5.06. The fraction of sp³-hybridized carbons (Fsp3) is 0.333. The van der Waals surface area contributed by atoms with E-state index in [1.54, 1.807) is 6.20 Å². The number of benzene rings is 1. The topological polar surface area (TPSA) is 59.2 Å². The molecule has 1 fully saturated rings. The number of anilines is 1. The molecule has 19 heavy (non-hydrogen) atoms. The summed E-state index contributed by atoms with van der Waals surface area (Å²) in [5.74, 6) is 0.0214. The molecule has 3 rings (SSSR count). The first-order chi connectivity index (χ1) is 9.18. The molecule has 1 aromatic carbocycles. The number of hydrogen-bond donors (Lipinski definition) is 1. The van der Waals surface area contributed by atoms with E-state index >= 15 is 0 Å². The molecule has 1 saturated heterocycles. The summed E-state index contributed by atoms with van der Waals surface area (Å²) in [6.45, 7) is 3.63. The number of nitrogens with two attached hydrogens (primary N) is 1. The lowest BCUT2D eigenvalue weighted by molar-refractivity contribution is 0.0789. The highest BCUT2D eigenvalue weighted by Gasteiger charge is 2.22. The SMILES string of the molecule is Cc1cnc(C(=O)N2CCCC2)c2cccc(N)c12. The molecule has 0 bridgehead atoms. The maximum Gasteiger partial charge on any atom is 0.273 e. The molecule has 0 aliphatic carbocycles. The molecule has 4 nitrogen and oxygen atoms in total. The lowest BCUT2D eigenvalue weighted by Crippen LogP contribution is -2.28. The summed E-state index contributed by atoms with van der Waals surface area (Å²) >= 11 is 0. The number of likely N-dealkylation sites (tertiary alicyclic amines) is 1. The van der Waals surface area contributed by atoms with Crippen molar-refractivity contribution in [2.45, 2.75) is 19.8 Å². The van der Waals surface area contributed by atoms with E-state index in [1.165, 1.54) is 0 Å². The Kier molecular flexibility index (Phi) is 2.85. The number of rotatable bonds is 1. The van der Waals surface area contributed by atoms with Gasteiger partial charge >= 0.3 is 0 Å². The van der Waals surface area contributed by atoms with Crippen LogP contribution in [0.5, 0.6) is 0 Å². The Morgan fingerprint density at radius 2 is 2.05 bits per heavy atom.